The van der Waals surface area contributed by atoms with E-state index in [1.54, 1.807) is 6.92 Å². The minimum absolute atomic E-state index is 0.0576. The topological polar surface area (TPSA) is 161 Å². The number of nitrogens with two attached hydrogens (primary N) is 1. The maximum atomic E-state index is 12.5. The van der Waals surface area contributed by atoms with Crippen molar-refractivity contribution in [1.29, 1.82) is 0 Å². The van der Waals surface area contributed by atoms with Crippen LogP contribution in [0.3, 0.4) is 0 Å². The van der Waals surface area contributed by atoms with Crippen molar-refractivity contribution in [2.75, 3.05) is 19.8 Å². The van der Waals surface area contributed by atoms with Gasteiger partial charge in [-0.1, -0.05) is 61.5 Å². The van der Waals surface area contributed by atoms with E-state index in [9.17, 15) is 24.3 Å². The van der Waals surface area contributed by atoms with Gasteiger partial charge in [0, 0.05) is 12.3 Å². The van der Waals surface area contributed by atoms with E-state index < -0.39 is 42.1 Å². The normalized spacial score (nSPS) is 14.0. The first kappa shape index (κ1) is 33.7. The van der Waals surface area contributed by atoms with E-state index in [1.807, 2.05) is 48.5 Å². The molecule has 0 radical (unpaired) electrons. The average Bonchev–Trinajstić information content (AvgIpc) is 2.81. The summed E-state index contributed by atoms with van der Waals surface area (Å²) in [4.78, 5) is 48.5. The third-order valence-corrected chi connectivity index (χ3v) is 5.23. The number of carboxylic acids is 1. The summed E-state index contributed by atoms with van der Waals surface area (Å²) in [6.07, 6.45) is -1.22. The fourth-order valence-corrected chi connectivity index (χ4v) is 3.33. The number of hydrogen-bond acceptors (Lipinski definition) is 10. The lowest BCUT2D eigenvalue weighted by atomic mass is 9.82. The Balaban J connectivity index is 3.35. The molecular weight excluding hydrogens is 510 g/mol. The van der Waals surface area contributed by atoms with Crippen LogP contribution in [0.15, 0.2) is 18.2 Å². The lowest BCUT2D eigenvalue weighted by molar-refractivity contribution is -0.145. The van der Waals surface area contributed by atoms with Crippen LogP contribution in [0.4, 0.5) is 9.59 Å². The van der Waals surface area contributed by atoms with Gasteiger partial charge in [0.05, 0.1) is 19.8 Å². The number of carboxylic acid groups (broad SMARTS) is 1. The molecule has 0 heterocycles. The van der Waals surface area contributed by atoms with E-state index >= 15 is 0 Å². The largest absolute Gasteiger partial charge is 0.513 e. The number of rotatable bonds is 12. The fraction of sp³-hybridized carbons (Fsp3) is 0.643. The van der Waals surface area contributed by atoms with E-state index in [0.29, 0.717) is 12.0 Å². The molecule has 3 N–H and O–H groups in total. The third-order valence-electron chi connectivity index (χ3n) is 5.23. The Hall–Kier alpha value is -3.34. The summed E-state index contributed by atoms with van der Waals surface area (Å²) < 4.78 is 26.3. The molecule has 0 amide bonds. The van der Waals surface area contributed by atoms with Crippen LogP contribution in [0.5, 0.6) is 11.5 Å². The van der Waals surface area contributed by atoms with Crippen LogP contribution in [-0.4, -0.2) is 55.2 Å². The second kappa shape index (κ2) is 14.7. The summed E-state index contributed by atoms with van der Waals surface area (Å²) in [5, 5.41) is 9.66. The van der Waals surface area contributed by atoms with Crippen molar-refractivity contribution in [3.63, 3.8) is 0 Å². The molecule has 3 atom stereocenters. The van der Waals surface area contributed by atoms with Crippen molar-refractivity contribution in [3.8, 4) is 11.5 Å². The van der Waals surface area contributed by atoms with Crippen molar-refractivity contribution in [2.45, 2.75) is 80.2 Å². The highest BCUT2D eigenvalue weighted by atomic mass is 16.7. The highest BCUT2D eigenvalue weighted by molar-refractivity contribution is 5.75. The lowest BCUT2D eigenvalue weighted by Crippen LogP contribution is -2.40. The summed E-state index contributed by atoms with van der Waals surface area (Å²) in [5.41, 5.74) is 5.74. The number of esters is 1. The van der Waals surface area contributed by atoms with Gasteiger partial charge in [-0.2, -0.15) is 0 Å². The second-order valence-electron chi connectivity index (χ2n) is 11.9. The first-order valence-corrected chi connectivity index (χ1v) is 12.9. The van der Waals surface area contributed by atoms with Gasteiger partial charge in [-0.3, -0.25) is 9.59 Å². The molecule has 11 heteroatoms. The maximum Gasteiger partial charge on any atom is 0.513 e. The van der Waals surface area contributed by atoms with Gasteiger partial charge in [0.25, 0.3) is 0 Å². The van der Waals surface area contributed by atoms with Crippen LogP contribution < -0.4 is 15.2 Å². The van der Waals surface area contributed by atoms with Gasteiger partial charge in [-0.05, 0) is 40.9 Å². The number of carbonyl (C=O) groups excluding carboxylic acids is 3. The molecule has 220 valence electrons. The van der Waals surface area contributed by atoms with Crippen LogP contribution in [0, 0.1) is 16.7 Å². The molecule has 0 saturated heterocycles. The fourth-order valence-electron chi connectivity index (χ4n) is 3.33. The average molecular weight is 554 g/mol. The lowest BCUT2D eigenvalue weighted by Gasteiger charge is -2.28. The minimum atomic E-state index is -1.38. The molecule has 0 saturated carbocycles. The summed E-state index contributed by atoms with van der Waals surface area (Å²) in [7, 11) is 0. The Labute approximate surface area is 230 Å². The maximum absolute atomic E-state index is 12.5. The summed E-state index contributed by atoms with van der Waals surface area (Å²) >= 11 is 0. The van der Waals surface area contributed by atoms with Crippen LogP contribution in [0.25, 0.3) is 0 Å². The van der Waals surface area contributed by atoms with E-state index in [0.717, 1.165) is 0 Å². The van der Waals surface area contributed by atoms with Crippen molar-refractivity contribution in [2.24, 2.45) is 22.5 Å². The Morgan fingerprint density at radius 3 is 1.85 bits per heavy atom. The molecule has 0 bridgehead atoms. The molecule has 0 spiro atoms. The molecule has 0 aromatic heterocycles. The summed E-state index contributed by atoms with van der Waals surface area (Å²) in [5.74, 6) is -3.40. The van der Waals surface area contributed by atoms with Gasteiger partial charge in [0.2, 0.25) is 0 Å². The molecule has 0 aliphatic heterocycles. The number of carbonyl (C=O) groups is 4. The van der Waals surface area contributed by atoms with Crippen LogP contribution in [-0.2, 0) is 23.8 Å². The zero-order chi connectivity index (χ0) is 30.0. The van der Waals surface area contributed by atoms with Gasteiger partial charge < -0.3 is 34.5 Å². The van der Waals surface area contributed by atoms with E-state index in [-0.39, 0.29) is 48.6 Å². The zero-order valence-corrected chi connectivity index (χ0v) is 24.2. The summed E-state index contributed by atoms with van der Waals surface area (Å²) in [6.45, 7) is 14.8. The number of hydrogen-bond donors (Lipinski definition) is 2. The quantitative estimate of drug-likeness (QED) is 0.197. The second-order valence-corrected chi connectivity index (χ2v) is 11.9. The predicted octanol–water partition coefficient (Wildman–Crippen LogP) is 5.28. The number of aliphatic carboxylic acids is 1. The SMILES string of the molecule is CCCC(=O)OCC(C)C(c1ccc(OC(=O)OCC(C)(C)C)c(OC(=O)OCC(C)(C)C)c1)[C@H](N)C(=O)O. The molecule has 0 aliphatic carbocycles. The van der Waals surface area contributed by atoms with Crippen molar-refractivity contribution < 1.29 is 48.0 Å². The van der Waals surface area contributed by atoms with Gasteiger partial charge in [0.15, 0.2) is 11.5 Å². The van der Waals surface area contributed by atoms with Gasteiger partial charge in [-0.25, -0.2) is 9.59 Å². The van der Waals surface area contributed by atoms with Crippen LogP contribution in [0.1, 0.15) is 79.7 Å². The molecule has 1 aromatic rings. The van der Waals surface area contributed by atoms with Crippen molar-refractivity contribution >= 4 is 24.2 Å². The molecule has 1 rings (SSSR count). The molecule has 0 aliphatic rings. The van der Waals surface area contributed by atoms with Crippen molar-refractivity contribution in [1.82, 2.24) is 0 Å². The minimum Gasteiger partial charge on any atom is -0.480 e. The van der Waals surface area contributed by atoms with Crippen LogP contribution in [0.2, 0.25) is 0 Å². The number of benzene rings is 1. The van der Waals surface area contributed by atoms with Crippen LogP contribution >= 0.6 is 0 Å². The van der Waals surface area contributed by atoms with Gasteiger partial charge >= 0.3 is 24.2 Å². The highest BCUT2D eigenvalue weighted by Crippen LogP contribution is 2.36. The van der Waals surface area contributed by atoms with Gasteiger partial charge in [-0.15, -0.1) is 0 Å². The molecule has 39 heavy (non-hydrogen) atoms. The molecule has 11 nitrogen and oxygen atoms in total. The first-order valence-electron chi connectivity index (χ1n) is 12.9. The molecule has 0 fully saturated rings. The number of ether oxygens (including phenoxy) is 5. The Morgan fingerprint density at radius 2 is 1.38 bits per heavy atom. The smallest absolute Gasteiger partial charge is 0.480 e. The first-order chi connectivity index (χ1) is 17.9. The third kappa shape index (κ3) is 12.8. The summed E-state index contributed by atoms with van der Waals surface area (Å²) in [6, 6.07) is 2.81. The Kier molecular flexibility index (Phi) is 12.7. The van der Waals surface area contributed by atoms with Crippen molar-refractivity contribution in [3.05, 3.63) is 23.8 Å². The monoisotopic (exact) mass is 553 g/mol. The molecule has 1 aromatic carbocycles. The van der Waals surface area contributed by atoms with Gasteiger partial charge in [0.1, 0.15) is 6.04 Å². The van der Waals surface area contributed by atoms with E-state index in [2.05, 4.69) is 0 Å². The molecular formula is C28H43NO10. The Bertz CT molecular complexity index is 993. The predicted molar refractivity (Wildman–Crippen MR) is 143 cm³/mol. The molecule has 2 unspecified atom stereocenters. The highest BCUT2D eigenvalue weighted by Gasteiger charge is 2.33. The van der Waals surface area contributed by atoms with E-state index in [1.165, 1.54) is 18.2 Å². The van der Waals surface area contributed by atoms with E-state index in [4.69, 9.17) is 29.4 Å². The zero-order valence-electron chi connectivity index (χ0n) is 24.2. The Morgan fingerprint density at radius 1 is 0.872 bits per heavy atom. The standard InChI is InChI=1S/C28H43NO10/c1-9-10-21(30)35-14-17(2)22(23(29)24(31)32)18-11-12-19(38-25(33)36-15-27(3,4)5)20(13-18)39-26(34)37-16-28(6,7)8/h11-13,17,22-23H,9-10,14-16,29H2,1-8H3,(H,31,32)/t17?,22?,23-/m0/s1.